The summed E-state index contributed by atoms with van der Waals surface area (Å²) in [7, 11) is -3.21. The van der Waals surface area contributed by atoms with Gasteiger partial charge in [0.05, 0.1) is 5.75 Å². The summed E-state index contributed by atoms with van der Waals surface area (Å²) in [5.41, 5.74) is 0. The Kier molecular flexibility index (Phi) is 5.43. The van der Waals surface area contributed by atoms with E-state index in [0.717, 1.165) is 32.2 Å². The van der Waals surface area contributed by atoms with Gasteiger partial charge in [0, 0.05) is 19.1 Å². The van der Waals surface area contributed by atoms with Gasteiger partial charge in [-0.1, -0.05) is 13.3 Å². The maximum absolute atomic E-state index is 12.4. The van der Waals surface area contributed by atoms with Gasteiger partial charge in [0.25, 0.3) is 0 Å². The summed E-state index contributed by atoms with van der Waals surface area (Å²) in [6, 6.07) is 0.474. The average molecular weight is 302 g/mol. The number of amides is 1. The molecule has 2 saturated heterocycles. The molecular formula is C14H26N2O3S. The van der Waals surface area contributed by atoms with Crippen LogP contribution in [0.15, 0.2) is 0 Å². The van der Waals surface area contributed by atoms with E-state index < -0.39 is 15.1 Å². The van der Waals surface area contributed by atoms with Gasteiger partial charge in [0.1, 0.15) is 5.25 Å². The Morgan fingerprint density at radius 3 is 2.50 bits per heavy atom. The third kappa shape index (κ3) is 3.73. The van der Waals surface area contributed by atoms with Crippen molar-refractivity contribution in [3.8, 4) is 0 Å². The molecule has 116 valence electrons. The molecule has 0 aliphatic carbocycles. The van der Waals surface area contributed by atoms with E-state index in [1.807, 2.05) is 0 Å². The Labute approximate surface area is 122 Å². The molecule has 6 heteroatoms. The Morgan fingerprint density at radius 1 is 1.20 bits per heavy atom. The molecule has 1 N–H and O–H groups in total. The molecular weight excluding hydrogens is 276 g/mol. The molecule has 2 heterocycles. The molecule has 0 bridgehead atoms. The molecule has 2 aliphatic rings. The van der Waals surface area contributed by atoms with Crippen molar-refractivity contribution in [1.82, 2.24) is 10.2 Å². The molecule has 0 aromatic rings. The van der Waals surface area contributed by atoms with Crippen LogP contribution in [0, 0.1) is 0 Å². The highest BCUT2D eigenvalue weighted by molar-refractivity contribution is 7.92. The smallest absolute Gasteiger partial charge is 0.240 e. The lowest BCUT2D eigenvalue weighted by Gasteiger charge is -2.35. The van der Waals surface area contributed by atoms with E-state index >= 15 is 0 Å². The summed E-state index contributed by atoms with van der Waals surface area (Å²) >= 11 is 0. The number of sulfone groups is 1. The number of nitrogens with one attached hydrogen (secondary N) is 1. The molecule has 1 atom stereocenters. The third-order valence-corrected chi connectivity index (χ3v) is 6.51. The van der Waals surface area contributed by atoms with Gasteiger partial charge in [-0.25, -0.2) is 8.42 Å². The first kappa shape index (κ1) is 15.8. The van der Waals surface area contributed by atoms with E-state index in [0.29, 0.717) is 32.0 Å². The number of piperidine rings is 1. The Balaban J connectivity index is 1.88. The molecule has 1 unspecified atom stereocenters. The highest BCUT2D eigenvalue weighted by atomic mass is 32.2. The van der Waals surface area contributed by atoms with E-state index in [4.69, 9.17) is 0 Å². The monoisotopic (exact) mass is 302 g/mol. The van der Waals surface area contributed by atoms with Gasteiger partial charge in [-0.3, -0.25) is 4.79 Å². The molecule has 0 saturated carbocycles. The number of likely N-dealkylation sites (tertiary alicyclic amines) is 1. The fourth-order valence-corrected chi connectivity index (χ4v) is 4.96. The molecule has 1 amide bonds. The average Bonchev–Trinajstić information content (AvgIpc) is 2.44. The van der Waals surface area contributed by atoms with Gasteiger partial charge in [0.2, 0.25) is 5.91 Å². The zero-order valence-corrected chi connectivity index (χ0v) is 13.1. The molecule has 5 nitrogen and oxygen atoms in total. The standard InChI is InChI=1S/C14H26N2O3S/c1-2-8-15-12-6-9-16(10-7-12)14(17)13-5-3-4-11-20(13,18)19/h12-13,15H,2-11H2,1H3. The predicted octanol–water partition coefficient (Wildman–Crippen LogP) is 0.944. The molecule has 2 rings (SSSR count). The molecule has 20 heavy (non-hydrogen) atoms. The SMILES string of the molecule is CCCNC1CCN(C(=O)C2CCCCS2(=O)=O)CC1. The molecule has 2 aliphatic heterocycles. The van der Waals surface area contributed by atoms with E-state index in [1.165, 1.54) is 0 Å². The number of nitrogens with zero attached hydrogens (tertiary/aromatic N) is 1. The summed E-state index contributed by atoms with van der Waals surface area (Å²) in [4.78, 5) is 14.2. The van der Waals surface area contributed by atoms with Crippen LogP contribution in [-0.2, 0) is 14.6 Å². The van der Waals surface area contributed by atoms with Crippen molar-refractivity contribution in [2.45, 2.75) is 56.7 Å². The van der Waals surface area contributed by atoms with Crippen LogP contribution in [0.1, 0.15) is 45.4 Å². The Bertz CT molecular complexity index is 428. The highest BCUT2D eigenvalue weighted by Crippen LogP contribution is 2.23. The van der Waals surface area contributed by atoms with Crippen LogP contribution in [0.2, 0.25) is 0 Å². The van der Waals surface area contributed by atoms with Crippen molar-refractivity contribution in [1.29, 1.82) is 0 Å². The van der Waals surface area contributed by atoms with Crippen molar-refractivity contribution < 1.29 is 13.2 Å². The maximum atomic E-state index is 12.4. The zero-order valence-electron chi connectivity index (χ0n) is 12.3. The second-order valence-corrected chi connectivity index (χ2v) is 8.21. The van der Waals surface area contributed by atoms with Crippen LogP contribution in [0.4, 0.5) is 0 Å². The minimum atomic E-state index is -3.21. The van der Waals surface area contributed by atoms with E-state index in [1.54, 1.807) is 4.90 Å². The zero-order chi connectivity index (χ0) is 14.6. The lowest BCUT2D eigenvalue weighted by Crippen LogP contribution is -2.50. The highest BCUT2D eigenvalue weighted by Gasteiger charge is 2.38. The minimum Gasteiger partial charge on any atom is -0.341 e. The fourth-order valence-electron chi connectivity index (χ4n) is 3.09. The first-order valence-electron chi connectivity index (χ1n) is 7.78. The third-order valence-electron chi connectivity index (χ3n) is 4.34. The lowest BCUT2D eigenvalue weighted by molar-refractivity contribution is -0.132. The maximum Gasteiger partial charge on any atom is 0.240 e. The van der Waals surface area contributed by atoms with Crippen molar-refractivity contribution >= 4 is 15.7 Å². The van der Waals surface area contributed by atoms with Gasteiger partial charge in [-0.05, 0) is 38.6 Å². The van der Waals surface area contributed by atoms with Crippen LogP contribution in [0.3, 0.4) is 0 Å². The topological polar surface area (TPSA) is 66.5 Å². The Hall–Kier alpha value is -0.620. The normalized spacial score (nSPS) is 27.4. The first-order valence-corrected chi connectivity index (χ1v) is 9.50. The largest absolute Gasteiger partial charge is 0.341 e. The van der Waals surface area contributed by atoms with E-state index in [9.17, 15) is 13.2 Å². The van der Waals surface area contributed by atoms with E-state index in [2.05, 4.69) is 12.2 Å². The summed E-state index contributed by atoms with van der Waals surface area (Å²) in [5, 5.41) is 2.70. The summed E-state index contributed by atoms with van der Waals surface area (Å²) in [6.07, 6.45) is 5.03. The van der Waals surface area contributed by atoms with Crippen LogP contribution >= 0.6 is 0 Å². The summed E-state index contributed by atoms with van der Waals surface area (Å²) in [6.45, 7) is 4.52. The van der Waals surface area contributed by atoms with Gasteiger partial charge in [-0.15, -0.1) is 0 Å². The van der Waals surface area contributed by atoms with Gasteiger partial charge in [-0.2, -0.15) is 0 Å². The van der Waals surface area contributed by atoms with Crippen LogP contribution in [0.25, 0.3) is 0 Å². The predicted molar refractivity (Wildman–Crippen MR) is 79.3 cm³/mol. The van der Waals surface area contributed by atoms with E-state index in [-0.39, 0.29) is 11.7 Å². The van der Waals surface area contributed by atoms with Crippen molar-refractivity contribution in [3.05, 3.63) is 0 Å². The van der Waals surface area contributed by atoms with Crippen molar-refractivity contribution in [2.24, 2.45) is 0 Å². The first-order chi connectivity index (χ1) is 9.54. The van der Waals surface area contributed by atoms with Gasteiger partial charge in [0.15, 0.2) is 9.84 Å². The Morgan fingerprint density at radius 2 is 1.90 bits per heavy atom. The number of carbonyl (C=O) groups is 1. The van der Waals surface area contributed by atoms with Gasteiger partial charge >= 0.3 is 0 Å². The summed E-state index contributed by atoms with van der Waals surface area (Å²) in [5.74, 6) is 0.0245. The number of hydrogen-bond acceptors (Lipinski definition) is 4. The molecule has 0 aromatic carbocycles. The second kappa shape index (κ2) is 6.89. The van der Waals surface area contributed by atoms with Crippen molar-refractivity contribution in [2.75, 3.05) is 25.4 Å². The molecule has 0 radical (unpaired) electrons. The quantitative estimate of drug-likeness (QED) is 0.839. The van der Waals surface area contributed by atoms with Crippen LogP contribution in [-0.4, -0.2) is 55.9 Å². The number of hydrogen-bond donors (Lipinski definition) is 1. The van der Waals surface area contributed by atoms with Crippen molar-refractivity contribution in [3.63, 3.8) is 0 Å². The van der Waals surface area contributed by atoms with Gasteiger partial charge < -0.3 is 10.2 Å². The molecule has 0 spiro atoms. The second-order valence-electron chi connectivity index (χ2n) is 5.91. The molecule has 2 fully saturated rings. The number of rotatable bonds is 4. The summed E-state index contributed by atoms with van der Waals surface area (Å²) < 4.78 is 24.0. The van der Waals surface area contributed by atoms with Crippen LogP contribution < -0.4 is 5.32 Å². The fraction of sp³-hybridized carbons (Fsp3) is 0.929. The minimum absolute atomic E-state index is 0.154. The number of carbonyl (C=O) groups excluding carboxylic acids is 1. The molecule has 0 aromatic heterocycles. The van der Waals surface area contributed by atoms with Crippen LogP contribution in [0.5, 0.6) is 0 Å². The lowest BCUT2D eigenvalue weighted by atomic mass is 10.0.